The van der Waals surface area contributed by atoms with Gasteiger partial charge in [-0.25, -0.2) is 4.79 Å². The second-order valence-electron chi connectivity index (χ2n) is 5.16. The molecule has 6 nitrogen and oxygen atoms in total. The zero-order valence-electron chi connectivity index (χ0n) is 13.5. The zero-order valence-corrected chi connectivity index (χ0v) is 17.6. The van der Waals surface area contributed by atoms with Gasteiger partial charge in [0.1, 0.15) is 6.09 Å². The Morgan fingerprint density at radius 1 is 1.13 bits per heavy atom. The molecule has 1 aliphatic carbocycles. The molecule has 0 unspecified atom stereocenters. The summed E-state index contributed by atoms with van der Waals surface area (Å²) >= 11 is 0. The van der Waals surface area contributed by atoms with Crippen molar-refractivity contribution in [2.45, 2.75) is 13.1 Å². The van der Waals surface area contributed by atoms with Gasteiger partial charge in [0.15, 0.2) is 0 Å². The van der Waals surface area contributed by atoms with E-state index in [1.807, 2.05) is 37.7 Å². The Morgan fingerprint density at radius 2 is 1.65 bits per heavy atom. The molecule has 2 radical (unpaired) electrons. The Hall–Kier alpha value is -0.469. The van der Waals surface area contributed by atoms with Crippen molar-refractivity contribution < 1.29 is 65.7 Å². The van der Waals surface area contributed by atoms with Crippen LogP contribution in [0.3, 0.4) is 0 Å². The molecule has 0 aromatic rings. The van der Waals surface area contributed by atoms with Gasteiger partial charge in [-0.05, 0) is 18.3 Å². The van der Waals surface area contributed by atoms with E-state index in [0.717, 1.165) is 10.1 Å². The molecule has 0 bridgehead atoms. The number of rotatable bonds is 5. The Kier molecular flexibility index (Phi) is 14.3. The van der Waals surface area contributed by atoms with Gasteiger partial charge in [-0.3, -0.25) is 0 Å². The average Bonchev–Trinajstić information content (AvgIpc) is 2.89. The Labute approximate surface area is 165 Å². The number of halogens is 2. The quantitative estimate of drug-likeness (QED) is 0.421. The van der Waals surface area contributed by atoms with E-state index in [0.29, 0.717) is 0 Å². The molecule has 1 aliphatic rings. The first-order valence-corrected chi connectivity index (χ1v) is 9.23. The molecule has 23 heavy (non-hydrogen) atoms. The third-order valence-corrected chi connectivity index (χ3v) is 5.50. The van der Waals surface area contributed by atoms with Gasteiger partial charge in [0.25, 0.3) is 8.32 Å². The Balaban J connectivity index is -0.00000133. The molecular formula is C13H20Cl2N2O4SiTi. The van der Waals surface area contributed by atoms with Crippen LogP contribution in [0.4, 0.5) is 9.59 Å². The number of carbonyl (C=O) groups excluding carboxylic acids is 2. The third kappa shape index (κ3) is 8.81. The molecule has 1 rings (SSSR count). The van der Waals surface area contributed by atoms with Crippen LogP contribution in [0.25, 0.3) is 0 Å². The summed E-state index contributed by atoms with van der Waals surface area (Å²) in [6, 6.07) is 0. The largest absolute Gasteiger partial charge is 3.00 e. The van der Waals surface area contributed by atoms with Gasteiger partial charge in [0.05, 0.1) is 0 Å². The number of nitrogens with zero attached hydrogens (tertiary/aromatic N) is 2. The molecule has 2 amide bonds. The fourth-order valence-corrected chi connectivity index (χ4v) is 3.32. The smallest absolute Gasteiger partial charge is 1.00 e. The van der Waals surface area contributed by atoms with Crippen LogP contribution in [0.5, 0.6) is 0 Å². The van der Waals surface area contributed by atoms with Crippen LogP contribution in [0.2, 0.25) is 13.1 Å². The summed E-state index contributed by atoms with van der Waals surface area (Å²) in [6.07, 6.45) is 6.02. The summed E-state index contributed by atoms with van der Waals surface area (Å²) in [5.41, 5.74) is 0. The number of amides is 2. The number of hydrogen-bond donors (Lipinski definition) is 0. The predicted octanol–water partition coefficient (Wildman–Crippen LogP) is -5.22. The average molecular weight is 415 g/mol. The Morgan fingerprint density at radius 3 is 2.09 bits per heavy atom. The SMILES string of the molecule is CN(CCN(C)C(=O)O[Si](C)(C)C1=CC=C[CH]1)C(=O)[O-].[Cl-].[Cl-].[Ti+3]. The molecule has 0 heterocycles. The van der Waals surface area contributed by atoms with Crippen molar-refractivity contribution in [2.24, 2.45) is 0 Å². The normalized spacial score (nSPS) is 12.1. The van der Waals surface area contributed by atoms with Crippen LogP contribution in [0, 0.1) is 6.42 Å². The number of carboxylic acid groups (broad SMARTS) is 1. The molecule has 0 atom stereocenters. The predicted molar refractivity (Wildman–Crippen MR) is 76.1 cm³/mol. The molecule has 0 saturated carbocycles. The second kappa shape index (κ2) is 12.0. The minimum Gasteiger partial charge on any atom is -1.00 e. The first-order chi connectivity index (χ1) is 9.24. The molecule has 128 valence electrons. The van der Waals surface area contributed by atoms with Crippen molar-refractivity contribution in [2.75, 3.05) is 27.2 Å². The van der Waals surface area contributed by atoms with Gasteiger partial charge in [0, 0.05) is 33.6 Å². The molecule has 0 saturated heterocycles. The molecule has 0 N–H and O–H groups in total. The van der Waals surface area contributed by atoms with Crippen molar-refractivity contribution in [3.63, 3.8) is 0 Å². The number of likely N-dealkylation sites (N-methyl/N-ethyl adjacent to an activating group) is 2. The number of allylic oxidation sites excluding steroid dienone is 4. The number of carbonyl (C=O) groups is 2. The van der Waals surface area contributed by atoms with Gasteiger partial charge in [-0.1, -0.05) is 18.2 Å². The maximum Gasteiger partial charge on any atom is 3.00 e. The second-order valence-corrected chi connectivity index (χ2v) is 8.96. The van der Waals surface area contributed by atoms with Crippen molar-refractivity contribution in [3.05, 3.63) is 29.8 Å². The zero-order chi connectivity index (χ0) is 15.3. The summed E-state index contributed by atoms with van der Waals surface area (Å²) in [5.74, 6) is 0. The molecule has 0 aliphatic heterocycles. The monoisotopic (exact) mass is 414 g/mol. The van der Waals surface area contributed by atoms with E-state index in [-0.39, 0.29) is 59.6 Å². The van der Waals surface area contributed by atoms with E-state index < -0.39 is 20.5 Å². The fourth-order valence-electron chi connectivity index (χ4n) is 1.61. The van der Waals surface area contributed by atoms with E-state index in [1.54, 1.807) is 7.05 Å². The van der Waals surface area contributed by atoms with Crippen molar-refractivity contribution in [3.8, 4) is 0 Å². The van der Waals surface area contributed by atoms with Crippen LogP contribution in [0.1, 0.15) is 0 Å². The third-order valence-electron chi connectivity index (χ3n) is 3.09. The summed E-state index contributed by atoms with van der Waals surface area (Å²) < 4.78 is 5.58. The van der Waals surface area contributed by atoms with Crippen LogP contribution in [-0.2, 0) is 26.1 Å². The van der Waals surface area contributed by atoms with Gasteiger partial charge in [0.2, 0.25) is 0 Å². The van der Waals surface area contributed by atoms with Gasteiger partial charge >= 0.3 is 27.8 Å². The molecule has 10 heteroatoms. The summed E-state index contributed by atoms with van der Waals surface area (Å²) in [7, 11) is 0.720. The molecule has 0 aromatic carbocycles. The summed E-state index contributed by atoms with van der Waals surface area (Å²) in [6.45, 7) is 4.34. The summed E-state index contributed by atoms with van der Waals surface area (Å²) in [4.78, 5) is 24.9. The maximum absolute atomic E-state index is 12.0. The summed E-state index contributed by atoms with van der Waals surface area (Å²) in [5, 5.41) is 11.6. The van der Waals surface area contributed by atoms with Crippen LogP contribution < -0.4 is 29.9 Å². The van der Waals surface area contributed by atoms with Crippen LogP contribution >= 0.6 is 0 Å². The maximum atomic E-state index is 12.0. The van der Waals surface area contributed by atoms with Gasteiger partial charge < -0.3 is 48.9 Å². The van der Waals surface area contributed by atoms with Crippen LogP contribution in [0.15, 0.2) is 23.4 Å². The molecular weight excluding hydrogens is 395 g/mol. The molecule has 0 aromatic heterocycles. The fraction of sp³-hybridized carbons (Fsp3) is 0.462. The van der Waals surface area contributed by atoms with E-state index in [4.69, 9.17) is 4.43 Å². The van der Waals surface area contributed by atoms with Crippen molar-refractivity contribution >= 4 is 20.5 Å². The number of hydrogen-bond acceptors (Lipinski definition) is 4. The van der Waals surface area contributed by atoms with Crippen LogP contribution in [-0.4, -0.2) is 57.5 Å². The first kappa shape index (κ1) is 27.4. The van der Waals surface area contributed by atoms with Gasteiger partial charge in [-0.2, -0.15) is 0 Å². The van der Waals surface area contributed by atoms with Gasteiger partial charge in [-0.15, -0.1) is 0 Å². The standard InChI is InChI=1S/C13H21N2O4Si.2ClH.Ti/c1-14(12(16)17)9-10-15(2)13(18)19-20(3,4)11-7-5-6-8-11;;;/h5-8H,9-10H2,1-4H3,(H,16,17);2*1H;/q;;;+3/p-3. The van der Waals surface area contributed by atoms with E-state index in [1.165, 1.54) is 11.9 Å². The van der Waals surface area contributed by atoms with E-state index in [9.17, 15) is 14.7 Å². The first-order valence-electron chi connectivity index (χ1n) is 6.32. The minimum absolute atomic E-state index is 0. The molecule has 0 fully saturated rings. The topological polar surface area (TPSA) is 72.9 Å². The minimum atomic E-state index is -2.26. The van der Waals surface area contributed by atoms with E-state index >= 15 is 0 Å². The van der Waals surface area contributed by atoms with Crippen molar-refractivity contribution in [1.29, 1.82) is 0 Å². The van der Waals surface area contributed by atoms with E-state index in [2.05, 4.69) is 0 Å². The Bertz CT molecular complexity index is 461. The van der Waals surface area contributed by atoms with Crippen molar-refractivity contribution in [1.82, 2.24) is 9.80 Å². The molecule has 0 spiro atoms.